The maximum Gasteiger partial charge on any atom is 0.0215 e. The fourth-order valence-corrected chi connectivity index (χ4v) is 7.49. The molecule has 1 atom stereocenters. The van der Waals surface area contributed by atoms with Crippen LogP contribution >= 0.6 is 0 Å². The number of rotatable bonds is 1. The summed E-state index contributed by atoms with van der Waals surface area (Å²) in [5, 5.41) is 0. The predicted molar refractivity (Wildman–Crippen MR) is 143 cm³/mol. The second-order valence-electron chi connectivity index (χ2n) is 11.0. The molecule has 4 aromatic carbocycles. The maximum atomic E-state index is 2.63. The second kappa shape index (κ2) is 7.44. The van der Waals surface area contributed by atoms with Gasteiger partial charge in [0.15, 0.2) is 0 Å². The van der Waals surface area contributed by atoms with Crippen molar-refractivity contribution in [3.8, 4) is 33.4 Å². The predicted octanol–water partition coefficient (Wildman–Crippen LogP) is 9.22. The minimum absolute atomic E-state index is 0.170. The van der Waals surface area contributed by atoms with Gasteiger partial charge in [0, 0.05) is 5.41 Å². The Morgan fingerprint density at radius 2 is 1.44 bits per heavy atom. The third-order valence-corrected chi connectivity index (χ3v) is 8.94. The molecule has 0 nitrogen and oxygen atoms in total. The van der Waals surface area contributed by atoms with E-state index in [4.69, 9.17) is 0 Å². The zero-order valence-electron chi connectivity index (χ0n) is 20.3. The van der Waals surface area contributed by atoms with E-state index in [1.165, 1.54) is 71.0 Å². The first-order valence-electron chi connectivity index (χ1n) is 13.1. The quantitative estimate of drug-likeness (QED) is 0.277. The molecule has 1 spiro atoms. The zero-order valence-corrected chi connectivity index (χ0v) is 20.3. The van der Waals surface area contributed by atoms with Crippen molar-refractivity contribution in [3.05, 3.63) is 107 Å². The zero-order chi connectivity index (χ0) is 22.9. The van der Waals surface area contributed by atoms with Gasteiger partial charge in [-0.15, -0.1) is 0 Å². The highest BCUT2D eigenvalue weighted by molar-refractivity contribution is 5.99. The molecule has 3 aliphatic rings. The molecule has 1 unspecified atom stereocenters. The molecule has 0 radical (unpaired) electrons. The molecule has 0 aliphatic heterocycles. The van der Waals surface area contributed by atoms with Gasteiger partial charge >= 0.3 is 0 Å². The second-order valence-corrected chi connectivity index (χ2v) is 11.0. The minimum Gasteiger partial charge on any atom is -0.0622 e. The van der Waals surface area contributed by atoms with Crippen molar-refractivity contribution in [1.82, 2.24) is 0 Å². The fraction of sp³-hybridized carbons (Fsp3) is 0.294. The van der Waals surface area contributed by atoms with Crippen LogP contribution in [0.5, 0.6) is 0 Å². The standard InChI is InChI=1S/C34H32/c1-22-15-16-27-29(19-22)34(17-9-4-10-18-34)30-21-28(24-11-5-3-6-12-24)31-23(2)20-25-13-7-8-14-26(25)33(31)32(27)30/h3,5-8,11-16,19,21,23H,4,9-10,17-18,20H2,1-2H3. The molecule has 0 aromatic heterocycles. The van der Waals surface area contributed by atoms with Crippen molar-refractivity contribution in [3.63, 3.8) is 0 Å². The van der Waals surface area contributed by atoms with Crippen LogP contribution in [0.15, 0.2) is 78.9 Å². The largest absolute Gasteiger partial charge is 0.0622 e. The smallest absolute Gasteiger partial charge is 0.0215 e. The molecule has 0 bridgehead atoms. The molecular formula is C34H32. The topological polar surface area (TPSA) is 0 Å². The average molecular weight is 441 g/mol. The number of hydrogen-bond acceptors (Lipinski definition) is 0. The van der Waals surface area contributed by atoms with Gasteiger partial charge in [-0.3, -0.25) is 0 Å². The summed E-state index contributed by atoms with van der Waals surface area (Å²) >= 11 is 0. The van der Waals surface area contributed by atoms with Crippen LogP contribution in [0.2, 0.25) is 0 Å². The Morgan fingerprint density at radius 3 is 2.26 bits per heavy atom. The summed E-state index contributed by atoms with van der Waals surface area (Å²) in [4.78, 5) is 0. The van der Waals surface area contributed by atoms with Gasteiger partial charge < -0.3 is 0 Å². The Balaban J connectivity index is 1.65. The molecule has 0 heterocycles. The first-order valence-corrected chi connectivity index (χ1v) is 13.1. The third kappa shape index (κ3) is 2.72. The highest BCUT2D eigenvalue weighted by atomic mass is 14.5. The van der Waals surface area contributed by atoms with Crippen molar-refractivity contribution in [2.45, 2.75) is 63.7 Å². The summed E-state index contributed by atoms with van der Waals surface area (Å²) in [6.45, 7) is 4.71. The van der Waals surface area contributed by atoms with Crippen molar-refractivity contribution in [1.29, 1.82) is 0 Å². The highest BCUT2D eigenvalue weighted by Gasteiger charge is 2.46. The van der Waals surface area contributed by atoms with Gasteiger partial charge in [-0.2, -0.15) is 0 Å². The molecule has 0 amide bonds. The first kappa shape index (κ1) is 20.3. The molecule has 0 saturated heterocycles. The number of aryl methyl sites for hydroxylation is 1. The van der Waals surface area contributed by atoms with Crippen molar-refractivity contribution >= 4 is 0 Å². The summed E-state index contributed by atoms with van der Waals surface area (Å²) < 4.78 is 0. The molecular weight excluding hydrogens is 408 g/mol. The molecule has 0 heteroatoms. The lowest BCUT2D eigenvalue weighted by Gasteiger charge is -2.37. The molecule has 168 valence electrons. The van der Waals surface area contributed by atoms with E-state index in [1.807, 2.05) is 0 Å². The van der Waals surface area contributed by atoms with E-state index in [9.17, 15) is 0 Å². The lowest BCUT2D eigenvalue weighted by atomic mass is 9.66. The normalized spacial score (nSPS) is 19.3. The Kier molecular flexibility index (Phi) is 4.44. The minimum atomic E-state index is 0.170. The van der Waals surface area contributed by atoms with Gasteiger partial charge in [0.05, 0.1) is 0 Å². The number of benzene rings is 4. The Bertz CT molecular complexity index is 1420. The van der Waals surface area contributed by atoms with E-state index >= 15 is 0 Å². The average Bonchev–Trinajstić information content (AvgIpc) is 3.13. The molecule has 4 aromatic rings. The highest BCUT2D eigenvalue weighted by Crippen LogP contribution is 2.61. The number of fused-ring (bicyclic) bond motifs is 9. The van der Waals surface area contributed by atoms with Crippen molar-refractivity contribution < 1.29 is 0 Å². The van der Waals surface area contributed by atoms with E-state index in [-0.39, 0.29) is 5.41 Å². The van der Waals surface area contributed by atoms with Crippen LogP contribution < -0.4 is 0 Å². The summed E-state index contributed by atoms with van der Waals surface area (Å²) in [5.74, 6) is 0.502. The van der Waals surface area contributed by atoms with Gasteiger partial charge in [-0.25, -0.2) is 0 Å². The van der Waals surface area contributed by atoms with Crippen LogP contribution in [0.25, 0.3) is 33.4 Å². The molecule has 1 saturated carbocycles. The monoisotopic (exact) mass is 440 g/mol. The molecule has 34 heavy (non-hydrogen) atoms. The Hall–Kier alpha value is -3.12. The van der Waals surface area contributed by atoms with E-state index < -0.39 is 0 Å². The van der Waals surface area contributed by atoms with E-state index in [2.05, 4.69) is 92.7 Å². The molecule has 7 rings (SSSR count). The van der Waals surface area contributed by atoms with E-state index in [0.29, 0.717) is 5.92 Å². The third-order valence-electron chi connectivity index (χ3n) is 8.94. The first-order chi connectivity index (χ1) is 16.7. The number of hydrogen-bond donors (Lipinski definition) is 0. The van der Waals surface area contributed by atoms with Crippen LogP contribution in [0.3, 0.4) is 0 Å². The van der Waals surface area contributed by atoms with Gasteiger partial charge in [0.25, 0.3) is 0 Å². The lowest BCUT2D eigenvalue weighted by Crippen LogP contribution is -2.28. The van der Waals surface area contributed by atoms with Crippen LogP contribution in [0, 0.1) is 6.92 Å². The van der Waals surface area contributed by atoms with E-state index in [1.54, 1.807) is 22.3 Å². The van der Waals surface area contributed by atoms with Gasteiger partial charge in [-0.1, -0.05) is 105 Å². The molecule has 3 aliphatic carbocycles. The van der Waals surface area contributed by atoms with Crippen LogP contribution in [0.1, 0.15) is 72.8 Å². The van der Waals surface area contributed by atoms with Crippen LogP contribution in [-0.4, -0.2) is 0 Å². The molecule has 1 fully saturated rings. The Labute approximate surface area is 203 Å². The van der Waals surface area contributed by atoms with Gasteiger partial charge in [-0.05, 0) is 93.8 Å². The van der Waals surface area contributed by atoms with Gasteiger partial charge in [0.2, 0.25) is 0 Å². The maximum absolute atomic E-state index is 2.63. The molecule has 0 N–H and O–H groups in total. The SMILES string of the molecule is Cc1ccc2c(c1)C1(CCCCC1)c1cc(-c3ccccc3)c3c(c1-2)-c1ccccc1CC3C. The van der Waals surface area contributed by atoms with E-state index in [0.717, 1.165) is 6.42 Å². The lowest BCUT2D eigenvalue weighted by molar-refractivity contribution is 0.353. The van der Waals surface area contributed by atoms with Crippen LogP contribution in [-0.2, 0) is 11.8 Å². The fourth-order valence-electron chi connectivity index (χ4n) is 7.49. The Morgan fingerprint density at radius 1 is 0.676 bits per heavy atom. The summed E-state index contributed by atoms with van der Waals surface area (Å²) in [6.07, 6.45) is 7.71. The van der Waals surface area contributed by atoms with Crippen LogP contribution in [0.4, 0.5) is 0 Å². The van der Waals surface area contributed by atoms with Gasteiger partial charge in [0.1, 0.15) is 0 Å². The summed E-state index contributed by atoms with van der Waals surface area (Å²) in [5.41, 5.74) is 16.7. The summed E-state index contributed by atoms with van der Waals surface area (Å²) in [7, 11) is 0. The van der Waals surface area contributed by atoms with Crippen molar-refractivity contribution in [2.75, 3.05) is 0 Å². The summed E-state index contributed by atoms with van der Waals surface area (Å²) in [6, 6.07) is 30.3. The van der Waals surface area contributed by atoms with Crippen molar-refractivity contribution in [2.24, 2.45) is 0 Å².